The summed E-state index contributed by atoms with van der Waals surface area (Å²) in [6, 6.07) is 7.57. The van der Waals surface area contributed by atoms with Crippen LogP contribution in [-0.2, 0) is 4.74 Å². The molecule has 0 radical (unpaired) electrons. The number of nitrogens with zero attached hydrogens (tertiary/aromatic N) is 1. The average molecular weight is 229 g/mol. The van der Waals surface area contributed by atoms with E-state index in [4.69, 9.17) is 4.74 Å². The fraction of sp³-hybridized carbons (Fsp3) is 0.286. The lowest BCUT2D eigenvalue weighted by molar-refractivity contribution is 0.0526. The molecule has 0 spiro atoms. The maximum Gasteiger partial charge on any atom is 0.338 e. The van der Waals surface area contributed by atoms with E-state index in [1.165, 1.54) is 0 Å². The number of fused-ring (bicyclic) bond motifs is 1. The predicted octanol–water partition coefficient (Wildman–Crippen LogP) is 3.03. The number of ether oxygens (including phenoxy) is 1. The van der Waals surface area contributed by atoms with Crippen LogP contribution in [0, 0.1) is 13.8 Å². The van der Waals surface area contributed by atoms with Crippen LogP contribution in [0.2, 0.25) is 0 Å². The van der Waals surface area contributed by atoms with E-state index >= 15 is 0 Å². The number of pyridine rings is 1. The van der Waals surface area contributed by atoms with Crippen LogP contribution in [0.1, 0.15) is 28.5 Å². The number of rotatable bonds is 2. The molecule has 88 valence electrons. The second-order valence-corrected chi connectivity index (χ2v) is 4.04. The average Bonchev–Trinajstić information content (AvgIpc) is 2.30. The van der Waals surface area contributed by atoms with Crippen LogP contribution >= 0.6 is 0 Å². The summed E-state index contributed by atoms with van der Waals surface area (Å²) in [4.78, 5) is 16.1. The number of aromatic nitrogens is 1. The fourth-order valence-corrected chi connectivity index (χ4v) is 1.84. The van der Waals surface area contributed by atoms with Gasteiger partial charge < -0.3 is 4.74 Å². The zero-order valence-corrected chi connectivity index (χ0v) is 10.3. The van der Waals surface area contributed by atoms with E-state index in [-0.39, 0.29) is 5.97 Å². The van der Waals surface area contributed by atoms with Gasteiger partial charge >= 0.3 is 5.97 Å². The van der Waals surface area contributed by atoms with Crippen LogP contribution in [0.4, 0.5) is 0 Å². The number of hydrogen-bond acceptors (Lipinski definition) is 3. The molecule has 0 saturated carbocycles. The highest BCUT2D eigenvalue weighted by atomic mass is 16.5. The number of benzene rings is 1. The maximum absolute atomic E-state index is 11.7. The molecule has 0 aliphatic carbocycles. The third kappa shape index (κ3) is 2.28. The van der Waals surface area contributed by atoms with Crippen LogP contribution < -0.4 is 0 Å². The highest BCUT2D eigenvalue weighted by Crippen LogP contribution is 2.19. The van der Waals surface area contributed by atoms with E-state index in [1.54, 1.807) is 6.92 Å². The lowest BCUT2D eigenvalue weighted by atomic mass is 10.1. The van der Waals surface area contributed by atoms with Crippen molar-refractivity contribution < 1.29 is 9.53 Å². The van der Waals surface area contributed by atoms with Gasteiger partial charge in [-0.1, -0.05) is 6.07 Å². The smallest absolute Gasteiger partial charge is 0.338 e. The van der Waals surface area contributed by atoms with Crippen molar-refractivity contribution in [2.75, 3.05) is 6.61 Å². The summed E-state index contributed by atoms with van der Waals surface area (Å²) < 4.78 is 5.00. The quantitative estimate of drug-likeness (QED) is 0.743. The normalized spacial score (nSPS) is 10.5. The Labute approximate surface area is 100 Å². The number of aryl methyl sites for hydroxylation is 2. The van der Waals surface area contributed by atoms with Gasteiger partial charge in [0.25, 0.3) is 0 Å². The molecular formula is C14H15NO2. The van der Waals surface area contributed by atoms with Gasteiger partial charge in [0, 0.05) is 11.1 Å². The summed E-state index contributed by atoms with van der Waals surface area (Å²) in [5.41, 5.74) is 3.50. The Balaban J connectivity index is 2.56. The molecule has 1 heterocycles. The molecule has 3 heteroatoms. The van der Waals surface area contributed by atoms with Gasteiger partial charge in [0.15, 0.2) is 0 Å². The predicted molar refractivity (Wildman–Crippen MR) is 67.2 cm³/mol. The van der Waals surface area contributed by atoms with Gasteiger partial charge in [0.05, 0.1) is 17.7 Å². The molecular weight excluding hydrogens is 214 g/mol. The zero-order valence-electron chi connectivity index (χ0n) is 10.3. The van der Waals surface area contributed by atoms with Crippen LogP contribution in [0.15, 0.2) is 24.3 Å². The van der Waals surface area contributed by atoms with Crippen molar-refractivity contribution in [2.45, 2.75) is 20.8 Å². The Kier molecular flexibility index (Phi) is 3.09. The molecule has 2 rings (SSSR count). The summed E-state index contributed by atoms with van der Waals surface area (Å²) in [5.74, 6) is -0.280. The Hall–Kier alpha value is -1.90. The van der Waals surface area contributed by atoms with Gasteiger partial charge in [-0.15, -0.1) is 0 Å². The molecule has 0 N–H and O–H groups in total. The monoisotopic (exact) mass is 229 g/mol. The molecule has 0 saturated heterocycles. The number of carbonyl (C=O) groups excluding carboxylic acids is 1. The van der Waals surface area contributed by atoms with Gasteiger partial charge in [-0.25, -0.2) is 4.79 Å². The molecule has 0 fully saturated rings. The van der Waals surface area contributed by atoms with Gasteiger partial charge in [-0.05, 0) is 44.5 Å². The highest BCUT2D eigenvalue weighted by Gasteiger charge is 2.09. The fourth-order valence-electron chi connectivity index (χ4n) is 1.84. The van der Waals surface area contributed by atoms with Gasteiger partial charge in [-0.2, -0.15) is 0 Å². The molecule has 0 aliphatic heterocycles. The molecule has 3 nitrogen and oxygen atoms in total. The van der Waals surface area contributed by atoms with Crippen molar-refractivity contribution in [3.63, 3.8) is 0 Å². The molecule has 0 aliphatic rings. The van der Waals surface area contributed by atoms with Crippen LogP contribution in [-0.4, -0.2) is 17.6 Å². The lowest BCUT2D eigenvalue weighted by Crippen LogP contribution is -2.05. The lowest BCUT2D eigenvalue weighted by Gasteiger charge is -2.06. The Bertz CT molecular complexity index is 576. The van der Waals surface area contributed by atoms with E-state index in [2.05, 4.69) is 4.98 Å². The van der Waals surface area contributed by atoms with Gasteiger partial charge in [0.2, 0.25) is 0 Å². The number of esters is 1. The van der Waals surface area contributed by atoms with E-state index in [0.29, 0.717) is 12.2 Å². The molecule has 1 aromatic carbocycles. The summed E-state index contributed by atoms with van der Waals surface area (Å²) in [6.07, 6.45) is 0. The minimum Gasteiger partial charge on any atom is -0.462 e. The molecule has 0 atom stereocenters. The third-order valence-electron chi connectivity index (χ3n) is 2.63. The summed E-state index contributed by atoms with van der Waals surface area (Å²) in [6.45, 7) is 6.11. The van der Waals surface area contributed by atoms with Crippen molar-refractivity contribution in [3.8, 4) is 0 Å². The van der Waals surface area contributed by atoms with Crippen molar-refractivity contribution in [3.05, 3.63) is 41.1 Å². The van der Waals surface area contributed by atoms with Crippen molar-refractivity contribution in [1.29, 1.82) is 0 Å². The molecule has 2 aromatic rings. The van der Waals surface area contributed by atoms with E-state index in [9.17, 15) is 4.79 Å². The number of hydrogen-bond donors (Lipinski definition) is 0. The van der Waals surface area contributed by atoms with Crippen molar-refractivity contribution in [2.24, 2.45) is 0 Å². The van der Waals surface area contributed by atoms with E-state index in [1.807, 2.05) is 38.1 Å². The van der Waals surface area contributed by atoms with Gasteiger partial charge in [-0.3, -0.25) is 4.98 Å². The Morgan fingerprint density at radius 3 is 2.76 bits per heavy atom. The summed E-state index contributed by atoms with van der Waals surface area (Å²) in [5, 5.41) is 0.971. The second-order valence-electron chi connectivity index (χ2n) is 4.04. The van der Waals surface area contributed by atoms with Crippen molar-refractivity contribution in [1.82, 2.24) is 4.98 Å². The molecule has 0 unspecified atom stereocenters. The highest BCUT2D eigenvalue weighted by molar-refractivity contribution is 5.95. The van der Waals surface area contributed by atoms with E-state index < -0.39 is 0 Å². The maximum atomic E-state index is 11.7. The largest absolute Gasteiger partial charge is 0.462 e. The van der Waals surface area contributed by atoms with E-state index in [0.717, 1.165) is 22.2 Å². The SMILES string of the molecule is CCOC(=O)c1cc(C)c2nc(C)ccc2c1. The van der Waals surface area contributed by atoms with Crippen molar-refractivity contribution >= 4 is 16.9 Å². The second kappa shape index (κ2) is 4.53. The van der Waals surface area contributed by atoms with Crippen LogP contribution in [0.5, 0.6) is 0 Å². The first-order valence-corrected chi connectivity index (χ1v) is 5.67. The first kappa shape index (κ1) is 11.6. The summed E-state index contributed by atoms with van der Waals surface area (Å²) >= 11 is 0. The Morgan fingerprint density at radius 1 is 1.29 bits per heavy atom. The molecule has 0 bridgehead atoms. The minimum atomic E-state index is -0.280. The third-order valence-corrected chi connectivity index (χ3v) is 2.63. The summed E-state index contributed by atoms with van der Waals surface area (Å²) in [7, 11) is 0. The number of carbonyl (C=O) groups is 1. The topological polar surface area (TPSA) is 39.2 Å². The first-order valence-electron chi connectivity index (χ1n) is 5.67. The molecule has 1 aromatic heterocycles. The standard InChI is InChI=1S/C14H15NO2/c1-4-17-14(16)12-7-9(2)13-11(8-12)6-5-10(3)15-13/h5-8H,4H2,1-3H3. The van der Waals surface area contributed by atoms with Crippen LogP contribution in [0.3, 0.4) is 0 Å². The van der Waals surface area contributed by atoms with Crippen LogP contribution in [0.25, 0.3) is 10.9 Å². The Morgan fingerprint density at radius 2 is 2.06 bits per heavy atom. The minimum absolute atomic E-state index is 0.280. The molecule has 0 amide bonds. The first-order chi connectivity index (χ1) is 8.11. The molecule has 17 heavy (non-hydrogen) atoms. The van der Waals surface area contributed by atoms with Gasteiger partial charge in [0.1, 0.15) is 0 Å². The zero-order chi connectivity index (χ0) is 12.4.